The molecule has 1 amide bonds. The van der Waals surface area contributed by atoms with E-state index in [9.17, 15) is 31.2 Å². The molecular weight excluding hydrogens is 449 g/mol. The maximum absolute atomic E-state index is 13.0. The number of sulfonamides is 1. The second kappa shape index (κ2) is 9.29. The first-order valence-electron chi connectivity index (χ1n) is 9.71. The van der Waals surface area contributed by atoms with Crippen LogP contribution in [0.5, 0.6) is 0 Å². The lowest BCUT2D eigenvalue weighted by Crippen LogP contribution is -2.42. The van der Waals surface area contributed by atoms with E-state index < -0.39 is 52.0 Å². The summed E-state index contributed by atoms with van der Waals surface area (Å²) in [6.07, 6.45) is -4.03. The van der Waals surface area contributed by atoms with Gasteiger partial charge in [-0.2, -0.15) is 17.5 Å². The number of benzene rings is 2. The van der Waals surface area contributed by atoms with Crippen molar-refractivity contribution >= 4 is 27.6 Å². The Bertz CT molecular complexity index is 1100. The smallest absolute Gasteiger partial charge is 0.418 e. The summed E-state index contributed by atoms with van der Waals surface area (Å²) in [6.45, 7) is 1.08. The van der Waals surface area contributed by atoms with Crippen molar-refractivity contribution in [1.29, 1.82) is 0 Å². The summed E-state index contributed by atoms with van der Waals surface area (Å²) in [4.78, 5) is 24.6. The quantitative estimate of drug-likeness (QED) is 0.654. The largest absolute Gasteiger partial charge is 0.454 e. The van der Waals surface area contributed by atoms with Gasteiger partial charge in [-0.25, -0.2) is 8.42 Å². The standard InChI is InChI=1S/C21H21F3N2O5S/c1-14-8-10-15(11-9-14)32(29,30)26-12-4-7-18(26)20(28)31-13-19(27)25-17-6-3-2-5-16(17)21(22,23)24/h2-3,5-6,8-11,18H,4,7,12-13H2,1H3,(H,25,27)/t18-/m0/s1. The Morgan fingerprint density at radius 2 is 1.78 bits per heavy atom. The van der Waals surface area contributed by atoms with Gasteiger partial charge in [0.25, 0.3) is 5.91 Å². The predicted octanol–water partition coefficient (Wildman–Crippen LogP) is 3.35. The molecule has 1 aliphatic heterocycles. The third-order valence-electron chi connectivity index (χ3n) is 4.96. The van der Waals surface area contributed by atoms with Crippen molar-refractivity contribution < 1.29 is 35.9 Å². The Hall–Kier alpha value is -2.92. The van der Waals surface area contributed by atoms with E-state index in [0.717, 1.165) is 22.0 Å². The number of carbonyl (C=O) groups is 2. The van der Waals surface area contributed by atoms with E-state index in [1.165, 1.54) is 24.3 Å². The lowest BCUT2D eigenvalue weighted by molar-refractivity contribution is -0.150. The van der Waals surface area contributed by atoms with Crippen LogP contribution in [-0.4, -0.2) is 43.8 Å². The number of alkyl halides is 3. The molecule has 1 aliphatic rings. The van der Waals surface area contributed by atoms with Gasteiger partial charge >= 0.3 is 12.1 Å². The Labute approximate surface area is 183 Å². The normalized spacial score (nSPS) is 17.2. The van der Waals surface area contributed by atoms with Crippen LogP contribution in [0.2, 0.25) is 0 Å². The monoisotopic (exact) mass is 470 g/mol. The minimum Gasteiger partial charge on any atom is -0.454 e. The summed E-state index contributed by atoms with van der Waals surface area (Å²) in [6, 6.07) is 9.44. The van der Waals surface area contributed by atoms with E-state index in [1.54, 1.807) is 12.1 Å². The topological polar surface area (TPSA) is 92.8 Å². The summed E-state index contributed by atoms with van der Waals surface area (Å²) in [7, 11) is -3.95. The summed E-state index contributed by atoms with van der Waals surface area (Å²) < 4.78 is 70.9. The summed E-state index contributed by atoms with van der Waals surface area (Å²) in [5, 5.41) is 2.07. The van der Waals surface area contributed by atoms with E-state index in [4.69, 9.17) is 4.74 Å². The van der Waals surface area contributed by atoms with Crippen molar-refractivity contribution in [1.82, 2.24) is 4.31 Å². The average Bonchev–Trinajstić information content (AvgIpc) is 3.23. The summed E-state index contributed by atoms with van der Waals surface area (Å²) in [5.41, 5.74) is -0.629. The molecule has 7 nitrogen and oxygen atoms in total. The molecule has 1 N–H and O–H groups in total. The Morgan fingerprint density at radius 1 is 1.12 bits per heavy atom. The minimum absolute atomic E-state index is 0.0318. The van der Waals surface area contributed by atoms with Gasteiger partial charge in [-0.15, -0.1) is 0 Å². The van der Waals surface area contributed by atoms with Gasteiger partial charge in [0.2, 0.25) is 10.0 Å². The molecular formula is C21H21F3N2O5S. The van der Waals surface area contributed by atoms with Crippen molar-refractivity contribution in [3.63, 3.8) is 0 Å². The van der Waals surface area contributed by atoms with Gasteiger partial charge in [0.15, 0.2) is 6.61 Å². The highest BCUT2D eigenvalue weighted by atomic mass is 32.2. The van der Waals surface area contributed by atoms with Crippen LogP contribution in [-0.2, 0) is 30.5 Å². The number of nitrogens with one attached hydrogen (secondary N) is 1. The fraction of sp³-hybridized carbons (Fsp3) is 0.333. The number of rotatable bonds is 6. The second-order valence-corrected chi connectivity index (χ2v) is 9.18. The van der Waals surface area contributed by atoms with E-state index in [-0.39, 0.29) is 17.9 Å². The molecule has 0 radical (unpaired) electrons. The first-order valence-corrected chi connectivity index (χ1v) is 11.2. The second-order valence-electron chi connectivity index (χ2n) is 7.29. The van der Waals surface area contributed by atoms with Crippen LogP contribution in [0.3, 0.4) is 0 Å². The lowest BCUT2D eigenvalue weighted by Gasteiger charge is -2.22. The zero-order chi connectivity index (χ0) is 23.5. The SMILES string of the molecule is Cc1ccc(S(=O)(=O)N2CCC[C@H]2C(=O)OCC(=O)Nc2ccccc2C(F)(F)F)cc1. The van der Waals surface area contributed by atoms with Gasteiger partial charge in [-0.05, 0) is 44.0 Å². The molecule has 172 valence electrons. The fourth-order valence-corrected chi connectivity index (χ4v) is 5.01. The third-order valence-corrected chi connectivity index (χ3v) is 6.88. The maximum atomic E-state index is 13.0. The molecule has 0 spiro atoms. The van der Waals surface area contributed by atoms with Crippen molar-refractivity contribution in [3.05, 3.63) is 59.7 Å². The number of aryl methyl sites for hydroxylation is 1. The first-order chi connectivity index (χ1) is 15.0. The molecule has 0 unspecified atom stereocenters. The molecule has 1 saturated heterocycles. The molecule has 1 atom stereocenters. The number of amides is 1. The number of para-hydroxylation sites is 1. The molecule has 0 saturated carbocycles. The molecule has 1 fully saturated rings. The summed E-state index contributed by atoms with van der Waals surface area (Å²) in [5.74, 6) is -1.90. The Kier molecular flexibility index (Phi) is 6.89. The average molecular weight is 470 g/mol. The summed E-state index contributed by atoms with van der Waals surface area (Å²) >= 11 is 0. The highest BCUT2D eigenvalue weighted by Crippen LogP contribution is 2.34. The number of halogens is 3. The van der Waals surface area contributed by atoms with Crippen molar-refractivity contribution in [2.75, 3.05) is 18.5 Å². The van der Waals surface area contributed by atoms with Gasteiger partial charge < -0.3 is 10.1 Å². The molecule has 3 rings (SSSR count). The number of hydrogen-bond donors (Lipinski definition) is 1. The van der Waals surface area contributed by atoms with Crippen LogP contribution in [0.4, 0.5) is 18.9 Å². The molecule has 2 aromatic carbocycles. The van der Waals surface area contributed by atoms with E-state index in [1.807, 2.05) is 6.92 Å². The third kappa shape index (κ3) is 5.28. The number of hydrogen-bond acceptors (Lipinski definition) is 5. The highest BCUT2D eigenvalue weighted by Gasteiger charge is 2.40. The van der Waals surface area contributed by atoms with Crippen LogP contribution in [0.15, 0.2) is 53.4 Å². The number of ether oxygens (including phenoxy) is 1. The minimum atomic E-state index is -4.67. The van der Waals surface area contributed by atoms with E-state index in [2.05, 4.69) is 5.32 Å². The Balaban J connectivity index is 1.65. The van der Waals surface area contributed by atoms with Crippen LogP contribution in [0, 0.1) is 6.92 Å². The van der Waals surface area contributed by atoms with Crippen molar-refractivity contribution in [3.8, 4) is 0 Å². The fourth-order valence-electron chi connectivity index (χ4n) is 3.37. The molecule has 11 heteroatoms. The van der Waals surface area contributed by atoms with Gasteiger partial charge in [-0.1, -0.05) is 29.8 Å². The highest BCUT2D eigenvalue weighted by molar-refractivity contribution is 7.89. The van der Waals surface area contributed by atoms with Crippen molar-refractivity contribution in [2.24, 2.45) is 0 Å². The Morgan fingerprint density at radius 3 is 2.44 bits per heavy atom. The van der Waals surface area contributed by atoms with Crippen LogP contribution in [0.1, 0.15) is 24.0 Å². The first kappa shape index (κ1) is 23.7. The van der Waals surface area contributed by atoms with Gasteiger partial charge in [-0.3, -0.25) is 9.59 Å². The van der Waals surface area contributed by atoms with Gasteiger partial charge in [0.1, 0.15) is 6.04 Å². The zero-order valence-electron chi connectivity index (χ0n) is 17.1. The van der Waals surface area contributed by atoms with E-state index >= 15 is 0 Å². The van der Waals surface area contributed by atoms with Crippen LogP contribution < -0.4 is 5.32 Å². The van der Waals surface area contributed by atoms with Crippen molar-refractivity contribution in [2.45, 2.75) is 36.9 Å². The number of nitrogens with zero attached hydrogens (tertiary/aromatic N) is 1. The molecule has 0 bridgehead atoms. The van der Waals surface area contributed by atoms with Gasteiger partial charge in [0.05, 0.1) is 16.1 Å². The zero-order valence-corrected chi connectivity index (χ0v) is 17.9. The molecule has 32 heavy (non-hydrogen) atoms. The molecule has 1 heterocycles. The molecule has 0 aliphatic carbocycles. The number of esters is 1. The van der Waals surface area contributed by atoms with Gasteiger partial charge in [0, 0.05) is 6.54 Å². The number of carbonyl (C=O) groups excluding carboxylic acids is 2. The molecule has 0 aromatic heterocycles. The number of anilines is 1. The molecule has 2 aromatic rings. The van der Waals surface area contributed by atoms with Crippen LogP contribution in [0.25, 0.3) is 0 Å². The predicted molar refractivity (Wildman–Crippen MR) is 109 cm³/mol. The van der Waals surface area contributed by atoms with E-state index in [0.29, 0.717) is 6.42 Å². The maximum Gasteiger partial charge on any atom is 0.418 e. The lowest BCUT2D eigenvalue weighted by atomic mass is 10.1. The van der Waals surface area contributed by atoms with Crippen LogP contribution >= 0.6 is 0 Å².